The topological polar surface area (TPSA) is 42.5 Å². The van der Waals surface area contributed by atoms with Crippen LogP contribution in [0.1, 0.15) is 30.0 Å². The van der Waals surface area contributed by atoms with Gasteiger partial charge in [-0.15, -0.1) is 5.10 Å². The van der Waals surface area contributed by atoms with Crippen LogP contribution in [-0.4, -0.2) is 20.3 Å². The molecule has 0 radical (unpaired) electrons. The zero-order valence-corrected chi connectivity index (χ0v) is 23.8. The van der Waals surface area contributed by atoms with Crippen LogP contribution in [0, 0.1) is 0 Å². The Balaban J connectivity index is 1.28. The zero-order valence-electron chi connectivity index (χ0n) is 23.8. The summed E-state index contributed by atoms with van der Waals surface area (Å²) in [6, 6.07) is 44.7. The van der Waals surface area contributed by atoms with Crippen LogP contribution >= 0.6 is 0 Å². The molecular formula is C39H28N4. The van der Waals surface area contributed by atoms with Crippen LogP contribution in [0.5, 0.6) is 0 Å². The lowest BCUT2D eigenvalue weighted by Gasteiger charge is -2.16. The Morgan fingerprint density at radius 2 is 1.23 bits per heavy atom. The van der Waals surface area contributed by atoms with Crippen molar-refractivity contribution >= 4 is 44.2 Å². The molecule has 0 amide bonds. The molecule has 0 saturated heterocycles. The lowest BCUT2D eigenvalue weighted by molar-refractivity contribution is 0.966. The second-order valence-corrected chi connectivity index (χ2v) is 10.9. The molecule has 4 nitrogen and oxygen atoms in total. The molecule has 2 aromatic heterocycles. The normalized spacial score (nSPS) is 13.8. The quantitative estimate of drug-likeness (QED) is 0.218. The highest BCUT2D eigenvalue weighted by molar-refractivity contribution is 6.24. The van der Waals surface area contributed by atoms with Crippen molar-refractivity contribution in [2.45, 2.75) is 13.3 Å². The summed E-state index contributed by atoms with van der Waals surface area (Å²) >= 11 is 0. The number of allylic oxidation sites excluding steroid dienone is 3. The van der Waals surface area contributed by atoms with Gasteiger partial charge in [-0.3, -0.25) is 0 Å². The van der Waals surface area contributed by atoms with Gasteiger partial charge >= 0.3 is 0 Å². The molecule has 0 spiro atoms. The molecule has 5 aromatic carbocycles. The molecule has 3 heterocycles. The predicted molar refractivity (Wildman–Crippen MR) is 178 cm³/mol. The third kappa shape index (κ3) is 4.45. The minimum absolute atomic E-state index is 0.711. The van der Waals surface area contributed by atoms with Gasteiger partial charge in [-0.05, 0) is 69.3 Å². The molecule has 8 rings (SSSR count). The highest BCUT2D eigenvalue weighted by Gasteiger charge is 2.20. The van der Waals surface area contributed by atoms with Crippen molar-refractivity contribution in [3.05, 3.63) is 162 Å². The fourth-order valence-electron chi connectivity index (χ4n) is 6.17. The van der Waals surface area contributed by atoms with E-state index in [2.05, 4.69) is 127 Å². The van der Waals surface area contributed by atoms with Gasteiger partial charge in [0.2, 0.25) is 0 Å². The van der Waals surface area contributed by atoms with Crippen molar-refractivity contribution in [1.82, 2.24) is 14.6 Å². The molecule has 1 aliphatic heterocycles. The summed E-state index contributed by atoms with van der Waals surface area (Å²) in [4.78, 5) is 10.1. The Morgan fingerprint density at radius 1 is 0.605 bits per heavy atom. The third-order valence-corrected chi connectivity index (χ3v) is 8.38. The Labute approximate surface area is 250 Å². The molecule has 0 atom stereocenters. The highest BCUT2D eigenvalue weighted by atomic mass is 15.3. The lowest BCUT2D eigenvalue weighted by Crippen LogP contribution is -2.06. The summed E-state index contributed by atoms with van der Waals surface area (Å²) in [6.07, 6.45) is 4.97. The van der Waals surface area contributed by atoms with Gasteiger partial charge in [-0.25, -0.2) is 14.5 Å². The molecule has 0 fully saturated rings. The fourth-order valence-corrected chi connectivity index (χ4v) is 6.17. The van der Waals surface area contributed by atoms with Crippen molar-refractivity contribution in [2.24, 2.45) is 4.99 Å². The Hall–Kier alpha value is -5.61. The maximum absolute atomic E-state index is 5.42. The second-order valence-electron chi connectivity index (χ2n) is 10.9. The first kappa shape index (κ1) is 25.1. The molecule has 0 N–H and O–H groups in total. The van der Waals surface area contributed by atoms with Crippen LogP contribution in [0.4, 0.5) is 0 Å². The van der Waals surface area contributed by atoms with Crippen LogP contribution in [0.2, 0.25) is 0 Å². The maximum atomic E-state index is 5.42. The van der Waals surface area contributed by atoms with E-state index < -0.39 is 0 Å². The van der Waals surface area contributed by atoms with Crippen molar-refractivity contribution in [1.29, 1.82) is 0 Å². The SMILES string of the molecule is CC1=C(c2cccc3ccccc23)CC=C(c2ccc(-c3nc4ccccn4n3)cc2)N=C1c1cccc2ccccc12. The largest absolute Gasteiger partial charge is 0.248 e. The molecule has 7 aromatic rings. The van der Waals surface area contributed by atoms with Crippen LogP contribution in [0.15, 0.2) is 150 Å². The maximum Gasteiger partial charge on any atom is 0.182 e. The van der Waals surface area contributed by atoms with E-state index in [4.69, 9.17) is 9.98 Å². The Bertz CT molecular complexity index is 2220. The van der Waals surface area contributed by atoms with Gasteiger partial charge in [0, 0.05) is 17.3 Å². The van der Waals surface area contributed by atoms with Gasteiger partial charge in [-0.2, -0.15) is 0 Å². The van der Waals surface area contributed by atoms with Crippen LogP contribution in [0.3, 0.4) is 0 Å². The monoisotopic (exact) mass is 552 g/mol. The van der Waals surface area contributed by atoms with Gasteiger partial charge in [0.1, 0.15) is 0 Å². The fraction of sp³-hybridized carbons (Fsp3) is 0.0513. The van der Waals surface area contributed by atoms with E-state index in [1.165, 1.54) is 38.3 Å². The summed E-state index contributed by atoms with van der Waals surface area (Å²) in [5.74, 6) is 0.711. The number of nitrogens with zero attached hydrogens (tertiary/aromatic N) is 4. The van der Waals surface area contributed by atoms with E-state index in [0.29, 0.717) is 5.82 Å². The first-order valence-corrected chi connectivity index (χ1v) is 14.6. The molecule has 0 unspecified atom stereocenters. The van der Waals surface area contributed by atoms with E-state index in [-0.39, 0.29) is 0 Å². The Morgan fingerprint density at radius 3 is 1.98 bits per heavy atom. The number of aliphatic imine (C=N–C) groups is 1. The lowest BCUT2D eigenvalue weighted by atomic mass is 9.88. The molecule has 204 valence electrons. The van der Waals surface area contributed by atoms with E-state index in [1.54, 1.807) is 4.52 Å². The summed E-state index contributed by atoms with van der Waals surface area (Å²) in [7, 11) is 0. The first-order chi connectivity index (χ1) is 21.2. The number of pyridine rings is 1. The summed E-state index contributed by atoms with van der Waals surface area (Å²) in [5.41, 5.74) is 9.75. The average Bonchev–Trinajstić information content (AvgIpc) is 3.43. The predicted octanol–water partition coefficient (Wildman–Crippen LogP) is 9.41. The van der Waals surface area contributed by atoms with E-state index in [0.717, 1.165) is 40.2 Å². The second kappa shape index (κ2) is 10.3. The van der Waals surface area contributed by atoms with Gasteiger partial charge in [0.25, 0.3) is 0 Å². The standard InChI is InChI=1S/C39H28N4/c1-26-31(34-16-8-12-27-10-2-4-14-32(27)34)23-24-36(40-38(26)35-17-9-13-28-11-3-5-15-33(28)35)29-19-21-30(22-20-29)39-41-37-18-6-7-25-43(37)42-39/h2-22,24-25H,23H2,1H3. The van der Waals surface area contributed by atoms with E-state index in [9.17, 15) is 0 Å². The van der Waals surface area contributed by atoms with Gasteiger partial charge in [0.15, 0.2) is 11.5 Å². The molecule has 0 aliphatic carbocycles. The van der Waals surface area contributed by atoms with Crippen molar-refractivity contribution in [3.63, 3.8) is 0 Å². The number of benzene rings is 5. The molecule has 0 saturated carbocycles. The Kier molecular flexibility index (Phi) is 6.04. The zero-order chi connectivity index (χ0) is 28.8. The van der Waals surface area contributed by atoms with Gasteiger partial charge in [0.05, 0.1) is 11.4 Å². The van der Waals surface area contributed by atoms with Crippen molar-refractivity contribution in [3.8, 4) is 11.4 Å². The van der Waals surface area contributed by atoms with Crippen LogP contribution < -0.4 is 0 Å². The molecular weight excluding hydrogens is 524 g/mol. The number of fused-ring (bicyclic) bond motifs is 3. The van der Waals surface area contributed by atoms with Gasteiger partial charge in [-0.1, -0.05) is 121 Å². The van der Waals surface area contributed by atoms with Crippen LogP contribution in [-0.2, 0) is 0 Å². The highest BCUT2D eigenvalue weighted by Crippen LogP contribution is 2.37. The molecule has 4 heteroatoms. The number of hydrogen-bond acceptors (Lipinski definition) is 3. The van der Waals surface area contributed by atoms with E-state index in [1.807, 2.05) is 24.4 Å². The minimum Gasteiger partial charge on any atom is -0.248 e. The number of rotatable bonds is 4. The van der Waals surface area contributed by atoms with Crippen molar-refractivity contribution in [2.75, 3.05) is 0 Å². The molecule has 0 bridgehead atoms. The van der Waals surface area contributed by atoms with Crippen LogP contribution in [0.25, 0.3) is 49.9 Å². The molecule has 43 heavy (non-hydrogen) atoms. The summed E-state index contributed by atoms with van der Waals surface area (Å²) < 4.78 is 1.81. The minimum atomic E-state index is 0.711. The number of hydrogen-bond donors (Lipinski definition) is 0. The smallest absolute Gasteiger partial charge is 0.182 e. The summed E-state index contributed by atoms with van der Waals surface area (Å²) in [5, 5.41) is 9.57. The van der Waals surface area contributed by atoms with E-state index >= 15 is 0 Å². The van der Waals surface area contributed by atoms with Crippen molar-refractivity contribution < 1.29 is 0 Å². The summed E-state index contributed by atoms with van der Waals surface area (Å²) in [6.45, 7) is 2.23. The third-order valence-electron chi connectivity index (χ3n) is 8.38. The average molecular weight is 553 g/mol. The number of aromatic nitrogens is 3. The first-order valence-electron chi connectivity index (χ1n) is 14.6. The van der Waals surface area contributed by atoms with Gasteiger partial charge < -0.3 is 0 Å². The molecule has 1 aliphatic rings.